The van der Waals surface area contributed by atoms with Gasteiger partial charge in [-0.1, -0.05) is 29.8 Å². The fourth-order valence-corrected chi connectivity index (χ4v) is 2.55. The Morgan fingerprint density at radius 3 is 2.07 bits per heavy atom. The van der Waals surface area contributed by atoms with E-state index in [0.717, 1.165) is 11.1 Å². The van der Waals surface area contributed by atoms with Crippen molar-refractivity contribution in [2.75, 3.05) is 5.32 Å². The zero-order valence-electron chi connectivity index (χ0n) is 15.6. The molecule has 3 amide bonds. The molecule has 0 saturated heterocycles. The van der Waals surface area contributed by atoms with Crippen molar-refractivity contribution in [2.45, 2.75) is 20.0 Å². The van der Waals surface area contributed by atoms with Gasteiger partial charge in [0.1, 0.15) is 0 Å². The molecule has 3 N–H and O–H groups in total. The number of carbonyl (C=O) groups is 2. The highest BCUT2D eigenvalue weighted by molar-refractivity contribution is 5.95. The highest BCUT2D eigenvalue weighted by atomic mass is 16.2. The first-order valence-corrected chi connectivity index (χ1v) is 8.98. The molecule has 0 saturated carbocycles. The van der Waals surface area contributed by atoms with Crippen molar-refractivity contribution in [3.8, 4) is 0 Å². The molecule has 0 spiro atoms. The molecule has 0 aliphatic heterocycles. The fraction of sp³-hybridized carbons (Fsp3) is 0.136. The van der Waals surface area contributed by atoms with Crippen molar-refractivity contribution in [1.29, 1.82) is 0 Å². The van der Waals surface area contributed by atoms with Gasteiger partial charge in [0, 0.05) is 36.7 Å². The third-order valence-electron chi connectivity index (χ3n) is 4.18. The Morgan fingerprint density at radius 2 is 1.39 bits per heavy atom. The third-order valence-corrected chi connectivity index (χ3v) is 4.18. The Balaban J connectivity index is 1.47. The van der Waals surface area contributed by atoms with Crippen molar-refractivity contribution in [1.82, 2.24) is 15.6 Å². The first kappa shape index (κ1) is 19.1. The Bertz CT molecular complexity index is 923. The van der Waals surface area contributed by atoms with Crippen LogP contribution in [-0.2, 0) is 13.1 Å². The molecule has 1 aromatic heterocycles. The molecule has 0 unspecified atom stereocenters. The maximum absolute atomic E-state index is 12.3. The van der Waals surface area contributed by atoms with Gasteiger partial charge in [0.15, 0.2) is 0 Å². The van der Waals surface area contributed by atoms with Crippen molar-refractivity contribution >= 4 is 17.6 Å². The van der Waals surface area contributed by atoms with Crippen LogP contribution in [0.25, 0.3) is 0 Å². The number of aryl methyl sites for hydroxylation is 1. The molecule has 0 aliphatic rings. The van der Waals surface area contributed by atoms with E-state index in [9.17, 15) is 9.59 Å². The van der Waals surface area contributed by atoms with Gasteiger partial charge in [-0.3, -0.25) is 9.78 Å². The number of anilines is 1. The lowest BCUT2D eigenvalue weighted by Crippen LogP contribution is -2.28. The van der Waals surface area contributed by atoms with Gasteiger partial charge in [-0.25, -0.2) is 4.79 Å². The number of pyridine rings is 1. The fourth-order valence-electron chi connectivity index (χ4n) is 2.55. The largest absolute Gasteiger partial charge is 0.348 e. The molecule has 1 heterocycles. The highest BCUT2D eigenvalue weighted by Gasteiger charge is 2.07. The number of rotatable bonds is 6. The van der Waals surface area contributed by atoms with Crippen LogP contribution >= 0.6 is 0 Å². The number of amides is 3. The van der Waals surface area contributed by atoms with Gasteiger partial charge in [0.05, 0.1) is 0 Å². The van der Waals surface area contributed by atoms with Crippen LogP contribution in [0.4, 0.5) is 10.5 Å². The normalized spacial score (nSPS) is 10.2. The molecule has 2 aromatic carbocycles. The maximum atomic E-state index is 12.3. The second-order valence-corrected chi connectivity index (χ2v) is 6.41. The van der Waals surface area contributed by atoms with E-state index in [1.165, 1.54) is 5.56 Å². The van der Waals surface area contributed by atoms with Crippen LogP contribution in [0.3, 0.4) is 0 Å². The van der Waals surface area contributed by atoms with E-state index in [0.29, 0.717) is 24.3 Å². The van der Waals surface area contributed by atoms with Crippen LogP contribution < -0.4 is 16.0 Å². The Labute approximate surface area is 164 Å². The average molecular weight is 374 g/mol. The summed E-state index contributed by atoms with van der Waals surface area (Å²) in [5, 5.41) is 8.40. The monoisotopic (exact) mass is 374 g/mol. The summed E-state index contributed by atoms with van der Waals surface area (Å²) in [6, 6.07) is 18.2. The van der Waals surface area contributed by atoms with E-state index in [2.05, 4.69) is 20.9 Å². The molecule has 3 rings (SSSR count). The van der Waals surface area contributed by atoms with Gasteiger partial charge >= 0.3 is 6.03 Å². The topological polar surface area (TPSA) is 83.1 Å². The summed E-state index contributed by atoms with van der Waals surface area (Å²) in [4.78, 5) is 28.2. The Morgan fingerprint density at radius 1 is 0.786 bits per heavy atom. The minimum absolute atomic E-state index is 0.158. The molecule has 142 valence electrons. The lowest BCUT2D eigenvalue weighted by atomic mass is 10.1. The Kier molecular flexibility index (Phi) is 6.36. The minimum atomic E-state index is -0.312. The maximum Gasteiger partial charge on any atom is 0.319 e. The number of aromatic nitrogens is 1. The van der Waals surface area contributed by atoms with E-state index in [-0.39, 0.29) is 11.9 Å². The van der Waals surface area contributed by atoms with Crippen molar-refractivity contribution < 1.29 is 9.59 Å². The van der Waals surface area contributed by atoms with E-state index in [4.69, 9.17) is 0 Å². The first-order valence-electron chi connectivity index (χ1n) is 8.98. The van der Waals surface area contributed by atoms with Crippen LogP contribution in [0, 0.1) is 6.92 Å². The smallest absolute Gasteiger partial charge is 0.319 e. The van der Waals surface area contributed by atoms with E-state index in [1.807, 2.05) is 43.3 Å². The van der Waals surface area contributed by atoms with Crippen molar-refractivity contribution in [3.05, 3.63) is 95.3 Å². The summed E-state index contributed by atoms with van der Waals surface area (Å²) < 4.78 is 0. The number of hydrogen-bond donors (Lipinski definition) is 3. The molecule has 6 heteroatoms. The van der Waals surface area contributed by atoms with E-state index >= 15 is 0 Å². The second kappa shape index (κ2) is 9.32. The number of benzene rings is 2. The summed E-state index contributed by atoms with van der Waals surface area (Å²) >= 11 is 0. The van der Waals surface area contributed by atoms with Gasteiger partial charge in [0.2, 0.25) is 0 Å². The van der Waals surface area contributed by atoms with Gasteiger partial charge in [-0.05, 0) is 54.4 Å². The number of carbonyl (C=O) groups excluding carboxylic acids is 2. The second-order valence-electron chi connectivity index (χ2n) is 6.41. The summed E-state index contributed by atoms with van der Waals surface area (Å²) in [7, 11) is 0. The Hall–Kier alpha value is -3.67. The zero-order valence-corrected chi connectivity index (χ0v) is 15.6. The summed E-state index contributed by atoms with van der Waals surface area (Å²) in [5.74, 6) is -0.158. The summed E-state index contributed by atoms with van der Waals surface area (Å²) in [6.07, 6.45) is 3.36. The van der Waals surface area contributed by atoms with Crippen LogP contribution in [0.15, 0.2) is 73.1 Å². The highest BCUT2D eigenvalue weighted by Crippen LogP contribution is 2.10. The summed E-state index contributed by atoms with van der Waals surface area (Å²) in [6.45, 7) is 2.90. The zero-order chi connectivity index (χ0) is 19.8. The van der Waals surface area contributed by atoms with Crippen LogP contribution in [0.5, 0.6) is 0 Å². The molecular formula is C22H22N4O2. The molecule has 3 aromatic rings. The third kappa shape index (κ3) is 5.67. The standard InChI is InChI=1S/C22H22N4O2/c1-16-2-4-17(5-3-16)14-24-21(27)19-6-8-20(9-7-19)26-22(28)25-15-18-10-12-23-13-11-18/h2-13H,14-15H2,1H3,(H,24,27)(H2,25,26,28). The molecule has 28 heavy (non-hydrogen) atoms. The molecule has 0 atom stereocenters. The van der Waals surface area contributed by atoms with Crippen LogP contribution in [-0.4, -0.2) is 16.9 Å². The van der Waals surface area contributed by atoms with Gasteiger partial charge in [0.25, 0.3) is 5.91 Å². The number of nitrogens with zero attached hydrogens (tertiary/aromatic N) is 1. The van der Waals surface area contributed by atoms with Crippen LogP contribution in [0.2, 0.25) is 0 Å². The van der Waals surface area contributed by atoms with Crippen molar-refractivity contribution in [2.24, 2.45) is 0 Å². The average Bonchev–Trinajstić information content (AvgIpc) is 2.73. The minimum Gasteiger partial charge on any atom is -0.348 e. The van der Waals surface area contributed by atoms with Gasteiger partial charge in [-0.15, -0.1) is 0 Å². The molecular weight excluding hydrogens is 352 g/mol. The predicted octanol–water partition coefficient (Wildman–Crippen LogP) is 3.64. The summed E-state index contributed by atoms with van der Waals surface area (Å²) in [5.41, 5.74) is 4.34. The quantitative estimate of drug-likeness (QED) is 0.616. The number of nitrogens with one attached hydrogen (secondary N) is 3. The number of urea groups is 1. The van der Waals surface area contributed by atoms with E-state index < -0.39 is 0 Å². The lowest BCUT2D eigenvalue weighted by molar-refractivity contribution is 0.0951. The predicted molar refractivity (Wildman–Crippen MR) is 109 cm³/mol. The van der Waals surface area contributed by atoms with Gasteiger partial charge in [-0.2, -0.15) is 0 Å². The van der Waals surface area contributed by atoms with E-state index in [1.54, 1.807) is 36.7 Å². The van der Waals surface area contributed by atoms with Crippen LogP contribution in [0.1, 0.15) is 27.0 Å². The molecule has 0 aliphatic carbocycles. The first-order chi connectivity index (χ1) is 13.6. The lowest BCUT2D eigenvalue weighted by Gasteiger charge is -2.09. The van der Waals surface area contributed by atoms with Crippen molar-refractivity contribution in [3.63, 3.8) is 0 Å². The SMILES string of the molecule is Cc1ccc(CNC(=O)c2ccc(NC(=O)NCc3ccncc3)cc2)cc1. The number of hydrogen-bond acceptors (Lipinski definition) is 3. The molecule has 0 radical (unpaired) electrons. The molecule has 0 fully saturated rings. The molecule has 0 bridgehead atoms. The van der Waals surface area contributed by atoms with Gasteiger partial charge < -0.3 is 16.0 Å². The molecule has 6 nitrogen and oxygen atoms in total.